The molecule has 3 saturated carbocycles. The van der Waals surface area contributed by atoms with Crippen LogP contribution in [0.1, 0.15) is 49.7 Å². The van der Waals surface area contributed by atoms with E-state index in [0.717, 1.165) is 0 Å². The van der Waals surface area contributed by atoms with Crippen molar-refractivity contribution in [3.63, 3.8) is 0 Å². The van der Waals surface area contributed by atoms with E-state index in [2.05, 4.69) is 31.2 Å². The number of rotatable bonds is 2. The van der Waals surface area contributed by atoms with Gasteiger partial charge in [0.1, 0.15) is 0 Å². The fourth-order valence-electron chi connectivity index (χ4n) is 3.84. The molecule has 0 aromatic heterocycles. The molecule has 1 nitrogen and oxygen atoms in total. The predicted molar refractivity (Wildman–Crippen MR) is 70.1 cm³/mol. The normalized spacial score (nSPS) is 36.1. The predicted octanol–water partition coefficient (Wildman–Crippen LogP) is 3.58. The fourth-order valence-corrected chi connectivity index (χ4v) is 3.84. The van der Waals surface area contributed by atoms with Crippen LogP contribution < -0.4 is 0 Å². The molecule has 0 saturated heterocycles. The molecule has 0 spiro atoms. The van der Waals surface area contributed by atoms with Crippen LogP contribution in [0, 0.1) is 12.3 Å². The Balaban J connectivity index is 1.88. The second kappa shape index (κ2) is 3.84. The topological polar surface area (TPSA) is 20.2 Å². The van der Waals surface area contributed by atoms with Crippen LogP contribution in [0.15, 0.2) is 24.3 Å². The van der Waals surface area contributed by atoms with Gasteiger partial charge in [0, 0.05) is 6.61 Å². The van der Waals surface area contributed by atoms with Crippen LogP contribution in [-0.4, -0.2) is 11.7 Å². The summed E-state index contributed by atoms with van der Waals surface area (Å²) in [7, 11) is 0. The van der Waals surface area contributed by atoms with Crippen LogP contribution in [0.2, 0.25) is 0 Å². The molecule has 0 heterocycles. The molecule has 4 rings (SSSR count). The van der Waals surface area contributed by atoms with E-state index in [4.69, 9.17) is 0 Å². The molecule has 0 amide bonds. The van der Waals surface area contributed by atoms with E-state index in [1.807, 2.05) is 0 Å². The van der Waals surface area contributed by atoms with E-state index >= 15 is 0 Å². The number of hydrogen-bond donors (Lipinski definition) is 1. The standard InChI is InChI=1S/C16H22O/c1-13-2-4-14(5-3-13)16-9-6-15(12-17,7-10-16)8-11-16/h2-5,17H,6-12H2,1H3. The largest absolute Gasteiger partial charge is 0.396 e. The number of fused-ring (bicyclic) bond motifs is 3. The van der Waals surface area contributed by atoms with Crippen LogP contribution in [0.25, 0.3) is 0 Å². The molecular formula is C16H22O. The Labute approximate surface area is 104 Å². The quantitative estimate of drug-likeness (QED) is 0.823. The zero-order valence-electron chi connectivity index (χ0n) is 10.7. The molecule has 1 N–H and O–H groups in total. The Morgan fingerprint density at radius 1 is 0.941 bits per heavy atom. The molecule has 1 heteroatoms. The third kappa shape index (κ3) is 1.72. The van der Waals surface area contributed by atoms with Crippen molar-refractivity contribution in [2.45, 2.75) is 50.9 Å². The highest BCUT2D eigenvalue weighted by atomic mass is 16.3. The first-order valence-electron chi connectivity index (χ1n) is 6.86. The first-order chi connectivity index (χ1) is 8.18. The molecular weight excluding hydrogens is 208 g/mol. The monoisotopic (exact) mass is 230 g/mol. The maximum atomic E-state index is 9.56. The van der Waals surface area contributed by atoms with Crippen molar-refractivity contribution in [3.8, 4) is 0 Å². The summed E-state index contributed by atoms with van der Waals surface area (Å²) < 4.78 is 0. The molecule has 17 heavy (non-hydrogen) atoms. The summed E-state index contributed by atoms with van der Waals surface area (Å²) in [6.07, 6.45) is 7.48. The SMILES string of the molecule is Cc1ccc(C23CCC(CO)(CC2)CC3)cc1. The van der Waals surface area contributed by atoms with E-state index in [9.17, 15) is 5.11 Å². The van der Waals surface area contributed by atoms with Gasteiger partial charge in [-0.05, 0) is 61.8 Å². The van der Waals surface area contributed by atoms with Crippen LogP contribution in [0.3, 0.4) is 0 Å². The maximum absolute atomic E-state index is 9.56. The van der Waals surface area contributed by atoms with Gasteiger partial charge in [0.15, 0.2) is 0 Å². The van der Waals surface area contributed by atoms with Crippen LogP contribution in [-0.2, 0) is 5.41 Å². The Kier molecular flexibility index (Phi) is 2.55. The van der Waals surface area contributed by atoms with Crippen molar-refractivity contribution in [1.29, 1.82) is 0 Å². The summed E-state index contributed by atoms with van der Waals surface area (Å²) in [5, 5.41) is 9.56. The van der Waals surface area contributed by atoms with E-state index in [-0.39, 0.29) is 5.41 Å². The van der Waals surface area contributed by atoms with Crippen molar-refractivity contribution in [2.75, 3.05) is 6.61 Å². The van der Waals surface area contributed by atoms with Gasteiger partial charge in [0.25, 0.3) is 0 Å². The van der Waals surface area contributed by atoms with E-state index in [1.165, 1.54) is 49.7 Å². The highest BCUT2D eigenvalue weighted by Crippen LogP contribution is 2.57. The zero-order valence-corrected chi connectivity index (χ0v) is 10.7. The van der Waals surface area contributed by atoms with Crippen molar-refractivity contribution in [1.82, 2.24) is 0 Å². The maximum Gasteiger partial charge on any atom is 0.0487 e. The lowest BCUT2D eigenvalue weighted by molar-refractivity contribution is -0.00688. The van der Waals surface area contributed by atoms with Crippen molar-refractivity contribution < 1.29 is 5.11 Å². The van der Waals surface area contributed by atoms with E-state index in [1.54, 1.807) is 0 Å². The summed E-state index contributed by atoms with van der Waals surface area (Å²) in [6.45, 7) is 2.55. The first-order valence-corrected chi connectivity index (χ1v) is 6.86. The van der Waals surface area contributed by atoms with Gasteiger partial charge in [-0.1, -0.05) is 29.8 Å². The van der Waals surface area contributed by atoms with Gasteiger partial charge in [0.05, 0.1) is 0 Å². The Morgan fingerprint density at radius 3 is 1.94 bits per heavy atom. The third-order valence-corrected chi connectivity index (χ3v) is 5.40. The molecule has 3 aliphatic rings. The molecule has 0 atom stereocenters. The molecule has 2 bridgehead atoms. The zero-order chi connectivity index (χ0) is 11.9. The average Bonchev–Trinajstić information content (AvgIpc) is 2.41. The summed E-state index contributed by atoms with van der Waals surface area (Å²) in [4.78, 5) is 0. The van der Waals surface area contributed by atoms with Gasteiger partial charge in [-0.25, -0.2) is 0 Å². The minimum atomic E-state index is 0.284. The minimum absolute atomic E-state index is 0.284. The molecule has 0 radical (unpaired) electrons. The lowest BCUT2D eigenvalue weighted by atomic mass is 9.52. The summed E-state index contributed by atoms with van der Waals surface area (Å²) >= 11 is 0. The summed E-state index contributed by atoms with van der Waals surface area (Å²) in [6, 6.07) is 9.14. The minimum Gasteiger partial charge on any atom is -0.396 e. The van der Waals surface area contributed by atoms with E-state index < -0.39 is 0 Å². The van der Waals surface area contributed by atoms with E-state index in [0.29, 0.717) is 12.0 Å². The number of aryl methyl sites for hydroxylation is 1. The lowest BCUT2D eigenvalue weighted by Gasteiger charge is -2.53. The Hall–Kier alpha value is -0.820. The van der Waals surface area contributed by atoms with Gasteiger partial charge in [-0.15, -0.1) is 0 Å². The van der Waals surface area contributed by atoms with Gasteiger partial charge < -0.3 is 5.11 Å². The number of aliphatic hydroxyl groups excluding tert-OH is 1. The van der Waals surface area contributed by atoms with Crippen molar-refractivity contribution in [2.24, 2.45) is 5.41 Å². The fraction of sp³-hybridized carbons (Fsp3) is 0.625. The molecule has 92 valence electrons. The summed E-state index contributed by atoms with van der Waals surface area (Å²) in [5.41, 5.74) is 3.60. The van der Waals surface area contributed by atoms with Gasteiger partial charge in [-0.3, -0.25) is 0 Å². The van der Waals surface area contributed by atoms with Crippen LogP contribution in [0.4, 0.5) is 0 Å². The smallest absolute Gasteiger partial charge is 0.0487 e. The highest BCUT2D eigenvalue weighted by molar-refractivity contribution is 5.31. The second-order valence-electron chi connectivity index (χ2n) is 6.30. The number of aliphatic hydroxyl groups is 1. The molecule has 0 unspecified atom stereocenters. The molecule has 0 aliphatic heterocycles. The second-order valence-corrected chi connectivity index (χ2v) is 6.30. The van der Waals surface area contributed by atoms with Crippen LogP contribution >= 0.6 is 0 Å². The average molecular weight is 230 g/mol. The van der Waals surface area contributed by atoms with Gasteiger partial charge in [0.2, 0.25) is 0 Å². The highest BCUT2D eigenvalue weighted by Gasteiger charge is 2.48. The van der Waals surface area contributed by atoms with Gasteiger partial charge in [-0.2, -0.15) is 0 Å². The van der Waals surface area contributed by atoms with Crippen molar-refractivity contribution >= 4 is 0 Å². The first kappa shape index (κ1) is 11.3. The molecule has 1 aromatic carbocycles. The van der Waals surface area contributed by atoms with Crippen molar-refractivity contribution in [3.05, 3.63) is 35.4 Å². The Bertz CT molecular complexity index is 380. The molecule has 3 aliphatic carbocycles. The lowest BCUT2D eigenvalue weighted by Crippen LogP contribution is -2.45. The third-order valence-electron chi connectivity index (χ3n) is 5.40. The number of hydrogen-bond acceptors (Lipinski definition) is 1. The van der Waals surface area contributed by atoms with Crippen LogP contribution in [0.5, 0.6) is 0 Å². The Morgan fingerprint density at radius 2 is 1.47 bits per heavy atom. The molecule has 3 fully saturated rings. The van der Waals surface area contributed by atoms with Gasteiger partial charge >= 0.3 is 0 Å². The molecule has 1 aromatic rings. The number of benzene rings is 1. The summed E-state index contributed by atoms with van der Waals surface area (Å²) in [5.74, 6) is 0.